The Morgan fingerprint density at radius 2 is 1.65 bits per heavy atom. The van der Waals surface area contributed by atoms with Gasteiger partial charge in [0, 0.05) is 28.2 Å². The second-order valence-electron chi connectivity index (χ2n) is 5.31. The van der Waals surface area contributed by atoms with Crippen molar-refractivity contribution in [2.24, 2.45) is 0 Å². The van der Waals surface area contributed by atoms with Crippen molar-refractivity contribution in [3.05, 3.63) is 60.2 Å². The minimum atomic E-state index is -4.40. The van der Waals surface area contributed by atoms with Crippen LogP contribution in [0.5, 0.6) is 5.75 Å². The minimum absolute atomic E-state index is 0.206. The zero-order valence-corrected chi connectivity index (χ0v) is 13.1. The summed E-state index contributed by atoms with van der Waals surface area (Å²) in [6, 6.07) is 15.3. The summed E-state index contributed by atoms with van der Waals surface area (Å²) in [5, 5.41) is 14.2. The molecule has 0 saturated heterocycles. The van der Waals surface area contributed by atoms with Gasteiger partial charge in [0.05, 0.1) is 4.90 Å². The summed E-state index contributed by atoms with van der Waals surface area (Å²) >= 11 is 0. The minimum Gasteiger partial charge on any atom is -0.507 e. The second kappa shape index (κ2) is 5.57. The van der Waals surface area contributed by atoms with Crippen molar-refractivity contribution in [2.75, 3.05) is 5.32 Å². The molecule has 3 aromatic carbocycles. The molecule has 3 rings (SSSR count). The van der Waals surface area contributed by atoms with Crippen molar-refractivity contribution in [3.63, 3.8) is 0 Å². The van der Waals surface area contributed by atoms with Crippen LogP contribution < -0.4 is 5.32 Å². The lowest BCUT2D eigenvalue weighted by Gasteiger charge is -2.12. The van der Waals surface area contributed by atoms with Crippen LogP contribution in [0.3, 0.4) is 0 Å². The number of fused-ring (bicyclic) bond motifs is 1. The molecule has 3 N–H and O–H groups in total. The van der Waals surface area contributed by atoms with Crippen LogP contribution in [0.25, 0.3) is 10.8 Å². The molecular formula is C17H15NO4S. The number of hydrogen-bond acceptors (Lipinski definition) is 4. The molecule has 3 aromatic rings. The van der Waals surface area contributed by atoms with Gasteiger partial charge in [0.2, 0.25) is 0 Å². The summed E-state index contributed by atoms with van der Waals surface area (Å²) in [4.78, 5) is -0.347. The molecule has 0 atom stereocenters. The first kappa shape index (κ1) is 15.3. The molecule has 0 spiro atoms. The maximum absolute atomic E-state index is 11.4. The van der Waals surface area contributed by atoms with Crippen molar-refractivity contribution in [1.29, 1.82) is 0 Å². The fourth-order valence-corrected chi connectivity index (χ4v) is 2.92. The summed E-state index contributed by atoms with van der Waals surface area (Å²) in [6.07, 6.45) is 0. The Kier molecular flexibility index (Phi) is 3.71. The van der Waals surface area contributed by atoms with E-state index in [1.807, 2.05) is 31.2 Å². The number of benzene rings is 3. The summed E-state index contributed by atoms with van der Waals surface area (Å²) in [5.74, 6) is -0.206. The predicted molar refractivity (Wildman–Crippen MR) is 89.9 cm³/mol. The number of phenolic OH excluding ortho intramolecular Hbond substituents is 1. The van der Waals surface area contributed by atoms with Gasteiger partial charge in [-0.3, -0.25) is 4.55 Å². The molecule has 0 radical (unpaired) electrons. The van der Waals surface area contributed by atoms with Crippen molar-refractivity contribution in [2.45, 2.75) is 11.8 Å². The van der Waals surface area contributed by atoms with Gasteiger partial charge >= 0.3 is 0 Å². The molecule has 0 aromatic heterocycles. The highest BCUT2D eigenvalue weighted by atomic mass is 32.2. The van der Waals surface area contributed by atoms with Crippen molar-refractivity contribution >= 4 is 32.3 Å². The Bertz CT molecular complexity index is 979. The number of aryl methyl sites for hydroxylation is 1. The Labute approximate surface area is 134 Å². The first-order valence-corrected chi connectivity index (χ1v) is 8.35. The molecule has 0 amide bonds. The number of anilines is 2. The van der Waals surface area contributed by atoms with E-state index in [9.17, 15) is 18.1 Å². The molecule has 0 fully saturated rings. The third-order valence-electron chi connectivity index (χ3n) is 3.58. The van der Waals surface area contributed by atoms with E-state index in [1.54, 1.807) is 18.2 Å². The van der Waals surface area contributed by atoms with Gasteiger partial charge in [0.25, 0.3) is 10.1 Å². The lowest BCUT2D eigenvalue weighted by molar-refractivity contribution is 0.471. The monoisotopic (exact) mass is 329 g/mol. The Balaban J connectivity index is 2.17. The summed E-state index contributed by atoms with van der Waals surface area (Å²) in [7, 11) is -4.40. The Hall–Kier alpha value is -2.57. The fourth-order valence-electron chi connectivity index (χ4n) is 2.39. The first-order chi connectivity index (χ1) is 10.8. The van der Waals surface area contributed by atoms with Gasteiger partial charge in [-0.2, -0.15) is 8.42 Å². The van der Waals surface area contributed by atoms with E-state index in [1.165, 1.54) is 6.07 Å². The summed E-state index contributed by atoms with van der Waals surface area (Å²) < 4.78 is 31.9. The van der Waals surface area contributed by atoms with E-state index in [-0.39, 0.29) is 10.6 Å². The van der Waals surface area contributed by atoms with Gasteiger partial charge in [-0.1, -0.05) is 29.8 Å². The van der Waals surface area contributed by atoms with Gasteiger partial charge in [0.15, 0.2) is 0 Å². The number of rotatable bonds is 3. The van der Waals surface area contributed by atoms with E-state index in [0.29, 0.717) is 16.5 Å². The van der Waals surface area contributed by atoms with Crippen LogP contribution in [-0.4, -0.2) is 18.1 Å². The lowest BCUT2D eigenvalue weighted by atomic mass is 10.1. The van der Waals surface area contributed by atoms with Crippen LogP contribution in [0.2, 0.25) is 0 Å². The number of hydrogen-bond donors (Lipinski definition) is 3. The predicted octanol–water partition coefficient (Wildman–Crippen LogP) is 3.84. The Morgan fingerprint density at radius 1 is 0.957 bits per heavy atom. The molecule has 6 heteroatoms. The molecular weight excluding hydrogens is 314 g/mol. The third-order valence-corrected chi connectivity index (χ3v) is 4.41. The van der Waals surface area contributed by atoms with Crippen LogP contribution >= 0.6 is 0 Å². The number of aromatic hydroxyl groups is 1. The zero-order chi connectivity index (χ0) is 16.6. The normalized spacial score (nSPS) is 11.6. The molecule has 0 unspecified atom stereocenters. The highest BCUT2D eigenvalue weighted by Gasteiger charge is 2.15. The van der Waals surface area contributed by atoms with Crippen LogP contribution in [0.4, 0.5) is 11.4 Å². The lowest BCUT2D eigenvalue weighted by Crippen LogP contribution is -1.99. The van der Waals surface area contributed by atoms with Gasteiger partial charge in [-0.05, 0) is 31.2 Å². The fraction of sp³-hybridized carbons (Fsp3) is 0.0588. The van der Waals surface area contributed by atoms with E-state index < -0.39 is 10.1 Å². The van der Waals surface area contributed by atoms with Crippen molar-refractivity contribution in [3.8, 4) is 5.75 Å². The first-order valence-electron chi connectivity index (χ1n) is 6.91. The molecule has 0 aliphatic carbocycles. The molecule has 0 aliphatic rings. The maximum atomic E-state index is 11.4. The van der Waals surface area contributed by atoms with Gasteiger partial charge in [-0.15, -0.1) is 0 Å². The van der Waals surface area contributed by atoms with Crippen LogP contribution in [0, 0.1) is 6.92 Å². The van der Waals surface area contributed by atoms with E-state index in [4.69, 9.17) is 0 Å². The Morgan fingerprint density at radius 3 is 2.30 bits per heavy atom. The molecule has 0 aliphatic heterocycles. The molecule has 118 valence electrons. The largest absolute Gasteiger partial charge is 0.507 e. The standard InChI is InChI=1S/C17H15NO4S/c1-11-5-7-12(8-6-11)18-16-4-2-3-14-15(16)9-13(10-17(14)19)23(20,21)22/h2-10,18-19H,1H3,(H,20,21,22). The highest BCUT2D eigenvalue weighted by Crippen LogP contribution is 2.34. The summed E-state index contributed by atoms with van der Waals surface area (Å²) in [6.45, 7) is 1.98. The average molecular weight is 329 g/mol. The third kappa shape index (κ3) is 3.13. The highest BCUT2D eigenvalue weighted by molar-refractivity contribution is 7.85. The summed E-state index contributed by atoms with van der Waals surface area (Å²) in [5.41, 5.74) is 2.59. The molecule has 0 heterocycles. The average Bonchev–Trinajstić information content (AvgIpc) is 2.49. The van der Waals surface area contributed by atoms with Crippen LogP contribution in [0.1, 0.15) is 5.56 Å². The molecule has 5 nitrogen and oxygen atoms in total. The van der Waals surface area contributed by atoms with E-state index >= 15 is 0 Å². The number of nitrogens with one attached hydrogen (secondary N) is 1. The quantitative estimate of drug-likeness (QED) is 0.636. The van der Waals surface area contributed by atoms with E-state index in [2.05, 4.69) is 5.32 Å². The molecule has 23 heavy (non-hydrogen) atoms. The van der Waals surface area contributed by atoms with Crippen LogP contribution in [-0.2, 0) is 10.1 Å². The maximum Gasteiger partial charge on any atom is 0.294 e. The SMILES string of the molecule is Cc1ccc(Nc2cccc3c(O)cc(S(=O)(=O)O)cc23)cc1. The van der Waals surface area contributed by atoms with Gasteiger partial charge in [-0.25, -0.2) is 0 Å². The van der Waals surface area contributed by atoms with E-state index in [0.717, 1.165) is 17.3 Å². The van der Waals surface area contributed by atoms with Gasteiger partial charge in [0.1, 0.15) is 5.75 Å². The van der Waals surface area contributed by atoms with Crippen molar-refractivity contribution < 1.29 is 18.1 Å². The molecule has 0 saturated carbocycles. The number of phenols is 1. The zero-order valence-electron chi connectivity index (χ0n) is 12.3. The molecule has 0 bridgehead atoms. The van der Waals surface area contributed by atoms with Gasteiger partial charge < -0.3 is 10.4 Å². The van der Waals surface area contributed by atoms with Crippen LogP contribution in [0.15, 0.2) is 59.5 Å². The topological polar surface area (TPSA) is 86.6 Å². The van der Waals surface area contributed by atoms with Crippen molar-refractivity contribution in [1.82, 2.24) is 0 Å². The smallest absolute Gasteiger partial charge is 0.294 e. The second-order valence-corrected chi connectivity index (χ2v) is 6.73.